The highest BCUT2D eigenvalue weighted by Crippen LogP contribution is 2.62. The molecule has 0 aliphatic carbocycles. The summed E-state index contributed by atoms with van der Waals surface area (Å²) in [4.78, 5) is 0. The molecule has 8 N–H and O–H groups in total. The number of phenolic OH excluding ortho intramolecular Hbond substituents is 8. The Morgan fingerprint density at radius 3 is 1.49 bits per heavy atom. The van der Waals surface area contributed by atoms with Crippen LogP contribution in [0.1, 0.15) is 0 Å². The zero-order chi connectivity index (χ0) is 33.9. The molecule has 0 saturated carbocycles. The summed E-state index contributed by atoms with van der Waals surface area (Å²) in [5, 5.41) is 93.7. The summed E-state index contributed by atoms with van der Waals surface area (Å²) in [7, 11) is 0. The molecule has 0 amide bonds. The van der Waals surface area contributed by atoms with Gasteiger partial charge in [0.2, 0.25) is 23.0 Å². The highest BCUT2D eigenvalue weighted by Gasteiger charge is 2.33. The quantitative estimate of drug-likeness (QED) is 0.0516. The maximum atomic E-state index is 11.6. The van der Waals surface area contributed by atoms with Gasteiger partial charge in [0.15, 0.2) is 23.0 Å². The van der Waals surface area contributed by atoms with E-state index >= 15 is 0 Å². The lowest BCUT2D eigenvalue weighted by molar-refractivity contribution is 0.350. The third kappa shape index (κ3) is 3.63. The first-order valence-electron chi connectivity index (χ1n) is 15.2. The monoisotopic (exact) mass is 648 g/mol. The Morgan fingerprint density at radius 1 is 0.367 bits per heavy atom. The smallest absolute Gasteiger partial charge is 0.204 e. The second-order valence-corrected chi connectivity index (χ2v) is 12.0. The number of hydrogen-bond acceptors (Lipinski definition) is 9. The van der Waals surface area contributed by atoms with Crippen LogP contribution in [0.2, 0.25) is 0 Å². The van der Waals surface area contributed by atoms with Gasteiger partial charge in [-0.15, -0.1) is 0 Å². The Labute approximate surface area is 275 Å². The van der Waals surface area contributed by atoms with Gasteiger partial charge in [-0.2, -0.15) is 0 Å². The van der Waals surface area contributed by atoms with Crippen LogP contribution in [0.15, 0.2) is 101 Å². The van der Waals surface area contributed by atoms with Crippen LogP contribution in [0.25, 0.3) is 87.3 Å². The van der Waals surface area contributed by atoms with Crippen molar-refractivity contribution < 1.29 is 45.3 Å². The van der Waals surface area contributed by atoms with E-state index in [-0.39, 0.29) is 32.7 Å². The molecule has 0 aliphatic heterocycles. The van der Waals surface area contributed by atoms with Crippen molar-refractivity contribution in [3.05, 3.63) is 97.1 Å². The molecule has 1 heterocycles. The highest BCUT2D eigenvalue weighted by atomic mass is 16.4. The minimum absolute atomic E-state index is 0.00180. The summed E-state index contributed by atoms with van der Waals surface area (Å²) < 4.78 is 6.28. The van der Waals surface area contributed by atoms with Gasteiger partial charge < -0.3 is 45.3 Å². The number of hydrogen-bond donors (Lipinski definition) is 8. The number of phenols is 8. The number of benzene rings is 8. The number of fused-ring (bicyclic) bond motifs is 8. The van der Waals surface area contributed by atoms with E-state index in [1.807, 2.05) is 54.6 Å². The fraction of sp³-hybridized carbons (Fsp3) is 0. The third-order valence-corrected chi connectivity index (χ3v) is 9.50. The maximum Gasteiger partial charge on any atom is 0.204 e. The topological polar surface area (TPSA) is 175 Å². The van der Waals surface area contributed by atoms with Gasteiger partial charge in [0.25, 0.3) is 0 Å². The standard InChI is InChI=1S/C40H24O9/c41-32-28-26(19-13-15-25-24(16-19)23-14-12-18-7-2-4-10-21(18)40(23)49-25)29-31(35(44)39(48)37(46)33(29)42)27(30(28)34(43)38(47)36(32)45)22-11-5-8-17-6-1-3-9-20(17)22/h1-16,41-48H. The largest absolute Gasteiger partial charge is 0.504 e. The van der Waals surface area contributed by atoms with Gasteiger partial charge in [-0.3, -0.25) is 0 Å². The van der Waals surface area contributed by atoms with Crippen molar-refractivity contribution in [3.63, 3.8) is 0 Å². The maximum absolute atomic E-state index is 11.6. The van der Waals surface area contributed by atoms with E-state index in [0.717, 1.165) is 21.5 Å². The van der Waals surface area contributed by atoms with E-state index in [1.165, 1.54) is 0 Å². The third-order valence-electron chi connectivity index (χ3n) is 9.50. The Morgan fingerprint density at radius 2 is 0.878 bits per heavy atom. The van der Waals surface area contributed by atoms with Gasteiger partial charge in [-0.1, -0.05) is 78.9 Å². The predicted octanol–water partition coefficient (Wildman–Crippen LogP) is 9.18. The van der Waals surface area contributed by atoms with E-state index in [9.17, 15) is 40.9 Å². The SMILES string of the molecule is Oc1c(O)c(O)c2c(-c3cccc4ccccc34)c3c(O)c(O)c(O)c(O)c3c(-c3ccc4oc5c6ccccc6ccc5c4c3)c2c1O. The van der Waals surface area contributed by atoms with Crippen molar-refractivity contribution in [2.24, 2.45) is 0 Å². The van der Waals surface area contributed by atoms with Gasteiger partial charge in [0.05, 0.1) is 0 Å². The Hall–Kier alpha value is -7.00. The van der Waals surface area contributed by atoms with Crippen molar-refractivity contribution in [1.29, 1.82) is 0 Å². The van der Waals surface area contributed by atoms with Crippen LogP contribution in [-0.4, -0.2) is 40.9 Å². The van der Waals surface area contributed by atoms with Gasteiger partial charge in [0.1, 0.15) is 11.2 Å². The summed E-state index contributed by atoms with van der Waals surface area (Å²) >= 11 is 0. The van der Waals surface area contributed by atoms with Crippen molar-refractivity contribution >= 4 is 65.0 Å². The van der Waals surface area contributed by atoms with Gasteiger partial charge in [0, 0.05) is 48.8 Å². The number of aromatic hydroxyl groups is 8. The van der Waals surface area contributed by atoms with E-state index in [1.54, 1.807) is 42.5 Å². The average molecular weight is 649 g/mol. The van der Waals surface area contributed by atoms with Crippen molar-refractivity contribution in [2.75, 3.05) is 0 Å². The second-order valence-electron chi connectivity index (χ2n) is 12.0. The molecule has 0 unspecified atom stereocenters. The minimum Gasteiger partial charge on any atom is -0.504 e. The molecule has 238 valence electrons. The Bertz CT molecular complexity index is 2840. The van der Waals surface area contributed by atoms with Crippen LogP contribution >= 0.6 is 0 Å². The first-order chi connectivity index (χ1) is 23.7. The molecule has 9 rings (SSSR count). The minimum atomic E-state index is -1.03. The Kier molecular flexibility index (Phi) is 5.62. The van der Waals surface area contributed by atoms with Crippen LogP contribution < -0.4 is 0 Å². The number of rotatable bonds is 2. The van der Waals surface area contributed by atoms with Crippen molar-refractivity contribution in [2.45, 2.75) is 0 Å². The molecular formula is C40H24O9. The summed E-state index contributed by atoms with van der Waals surface area (Å²) in [6.07, 6.45) is 0. The van der Waals surface area contributed by atoms with Crippen molar-refractivity contribution in [1.82, 2.24) is 0 Å². The zero-order valence-electron chi connectivity index (χ0n) is 25.2. The molecule has 0 radical (unpaired) electrons. The predicted molar refractivity (Wildman–Crippen MR) is 188 cm³/mol. The van der Waals surface area contributed by atoms with Crippen LogP contribution in [0, 0.1) is 0 Å². The first kappa shape index (κ1) is 28.2. The molecule has 1 aromatic heterocycles. The summed E-state index contributed by atoms with van der Waals surface area (Å²) in [5.74, 6) is -7.42. The van der Waals surface area contributed by atoms with E-state index < -0.39 is 46.0 Å². The lowest BCUT2D eigenvalue weighted by Crippen LogP contribution is -1.95. The van der Waals surface area contributed by atoms with Crippen LogP contribution in [0.4, 0.5) is 0 Å². The zero-order valence-corrected chi connectivity index (χ0v) is 25.2. The number of furan rings is 1. The average Bonchev–Trinajstić information content (AvgIpc) is 3.51. The molecule has 0 aliphatic rings. The molecule has 8 aromatic carbocycles. The molecule has 49 heavy (non-hydrogen) atoms. The molecule has 0 bridgehead atoms. The Balaban J connectivity index is 1.54. The summed E-state index contributed by atoms with van der Waals surface area (Å²) in [6.45, 7) is 0. The molecule has 0 spiro atoms. The van der Waals surface area contributed by atoms with Crippen LogP contribution in [0.3, 0.4) is 0 Å². The van der Waals surface area contributed by atoms with Crippen molar-refractivity contribution in [3.8, 4) is 68.2 Å². The molecule has 9 heteroatoms. The van der Waals surface area contributed by atoms with Gasteiger partial charge >= 0.3 is 0 Å². The summed E-state index contributed by atoms with van der Waals surface area (Å²) in [5.41, 5.74) is 1.81. The van der Waals surface area contributed by atoms with Gasteiger partial charge in [-0.05, 0) is 45.5 Å². The van der Waals surface area contributed by atoms with E-state index in [0.29, 0.717) is 33.1 Å². The van der Waals surface area contributed by atoms with Crippen LogP contribution in [-0.2, 0) is 0 Å². The molecule has 0 fully saturated rings. The van der Waals surface area contributed by atoms with Gasteiger partial charge in [-0.25, -0.2) is 0 Å². The lowest BCUT2D eigenvalue weighted by Gasteiger charge is -2.23. The lowest BCUT2D eigenvalue weighted by atomic mass is 9.82. The van der Waals surface area contributed by atoms with Crippen LogP contribution in [0.5, 0.6) is 46.0 Å². The second kappa shape index (κ2) is 9.76. The van der Waals surface area contributed by atoms with E-state index in [2.05, 4.69) is 0 Å². The molecule has 0 saturated heterocycles. The fourth-order valence-electron chi connectivity index (χ4n) is 7.28. The van der Waals surface area contributed by atoms with E-state index in [4.69, 9.17) is 4.42 Å². The first-order valence-corrected chi connectivity index (χ1v) is 15.2. The molecule has 9 nitrogen and oxygen atoms in total. The molecule has 0 atom stereocenters. The molecular weight excluding hydrogens is 624 g/mol. The highest BCUT2D eigenvalue weighted by molar-refractivity contribution is 6.30. The summed E-state index contributed by atoms with van der Waals surface area (Å²) in [6, 6.07) is 29.1. The fourth-order valence-corrected chi connectivity index (χ4v) is 7.28. The normalized spacial score (nSPS) is 11.9. The molecule has 9 aromatic rings.